The largest absolute Gasteiger partial charge is 0.506 e. The summed E-state index contributed by atoms with van der Waals surface area (Å²) in [5, 5.41) is 37.0. The quantitative estimate of drug-likeness (QED) is 0.0757. The first-order chi connectivity index (χ1) is 30.2. The first-order valence-electron chi connectivity index (χ1n) is 21.3. The average molecular weight is 833 g/mol. The van der Waals surface area contributed by atoms with Crippen LogP contribution in [0, 0.1) is 5.92 Å². The van der Waals surface area contributed by atoms with E-state index in [-0.39, 0.29) is 41.8 Å². The van der Waals surface area contributed by atoms with Gasteiger partial charge in [0.15, 0.2) is 0 Å². The number of aliphatic hydroxyl groups is 2. The maximum absolute atomic E-state index is 13.9. The van der Waals surface area contributed by atoms with Crippen LogP contribution in [0.4, 0.5) is 0 Å². The van der Waals surface area contributed by atoms with Crippen LogP contribution in [0.1, 0.15) is 69.1 Å². The van der Waals surface area contributed by atoms with Gasteiger partial charge in [0.25, 0.3) is 5.91 Å². The monoisotopic (exact) mass is 832 g/mol. The van der Waals surface area contributed by atoms with Gasteiger partial charge in [-0.25, -0.2) is 4.79 Å². The molecule has 3 heterocycles. The van der Waals surface area contributed by atoms with Crippen molar-refractivity contribution in [2.45, 2.75) is 44.1 Å². The Morgan fingerprint density at radius 3 is 2.19 bits per heavy atom. The number of piperidine rings is 1. The number of H-pyrrole nitrogens is 1. The minimum atomic E-state index is -1.97. The van der Waals surface area contributed by atoms with Crippen molar-refractivity contribution in [1.82, 2.24) is 20.1 Å². The van der Waals surface area contributed by atoms with Crippen molar-refractivity contribution in [2.24, 2.45) is 5.92 Å². The fourth-order valence-corrected chi connectivity index (χ4v) is 8.53. The van der Waals surface area contributed by atoms with Gasteiger partial charge in [-0.2, -0.15) is 0 Å². The van der Waals surface area contributed by atoms with E-state index in [0.717, 1.165) is 49.2 Å². The summed E-state index contributed by atoms with van der Waals surface area (Å²) in [5.74, 6) is -0.581. The number of carbonyl (C=O) groups excluding carboxylic acids is 2. The zero-order chi connectivity index (χ0) is 43.1. The zero-order valence-corrected chi connectivity index (χ0v) is 34.6. The number of phenolic OH excluding ortho intramolecular Hbond substituents is 1. The van der Waals surface area contributed by atoms with Gasteiger partial charge >= 0.3 is 5.97 Å². The van der Waals surface area contributed by atoms with Gasteiger partial charge < -0.3 is 35.3 Å². The second-order valence-electron chi connectivity index (χ2n) is 16.3. The lowest BCUT2D eigenvalue weighted by molar-refractivity contribution is -0.164. The predicted molar refractivity (Wildman–Crippen MR) is 239 cm³/mol. The number of benzene rings is 5. The second-order valence-corrected chi connectivity index (χ2v) is 16.3. The van der Waals surface area contributed by atoms with E-state index in [9.17, 15) is 29.7 Å². The number of likely N-dealkylation sites (tertiary alicyclic amines) is 1. The van der Waals surface area contributed by atoms with Crippen molar-refractivity contribution < 1.29 is 29.6 Å². The molecule has 0 radical (unpaired) electrons. The number of nitrogens with zero attached hydrogens (tertiary/aromatic N) is 2. The fourth-order valence-electron chi connectivity index (χ4n) is 8.53. The zero-order valence-electron chi connectivity index (χ0n) is 34.6. The highest BCUT2D eigenvalue weighted by atomic mass is 16.5. The highest BCUT2D eigenvalue weighted by Crippen LogP contribution is 2.34. The number of pyridine rings is 1. The SMILES string of the molecule is O=C(c1ccc(CNC[C@H](O)c2ccc(O)c3[nH]c(=O)ccc23)cc1)N1CC=C(c2ccc(C(O)(C(=O)OCC3CCN(Cc4ccccc4)CC3)c3ccccc3)cc2)CC1. The topological polar surface area (TPSA) is 155 Å². The molecule has 0 spiro atoms. The molecule has 0 saturated carbocycles. The number of aromatic amines is 1. The third kappa shape index (κ3) is 9.56. The molecule has 1 aromatic heterocycles. The molecule has 1 saturated heterocycles. The molecule has 2 aliphatic heterocycles. The van der Waals surface area contributed by atoms with Crippen LogP contribution < -0.4 is 10.9 Å². The van der Waals surface area contributed by atoms with Gasteiger partial charge in [-0.05, 0) is 101 Å². The predicted octanol–water partition coefficient (Wildman–Crippen LogP) is 6.68. The van der Waals surface area contributed by atoms with Gasteiger partial charge in [-0.15, -0.1) is 0 Å². The Hall–Kier alpha value is -6.37. The minimum absolute atomic E-state index is 0.0603. The number of hydrogen-bond donors (Lipinski definition) is 5. The van der Waals surface area contributed by atoms with Crippen molar-refractivity contribution in [3.63, 3.8) is 0 Å². The number of phenols is 1. The van der Waals surface area contributed by atoms with Crippen LogP contribution in [-0.4, -0.2) is 81.3 Å². The molecular formula is C51H52N4O7. The molecule has 1 fully saturated rings. The Bertz CT molecular complexity index is 2570. The van der Waals surface area contributed by atoms with E-state index in [0.29, 0.717) is 53.7 Å². The van der Waals surface area contributed by atoms with Gasteiger partial charge in [0.05, 0.1) is 18.2 Å². The highest BCUT2D eigenvalue weighted by molar-refractivity contribution is 5.95. The number of aromatic nitrogens is 1. The molecule has 0 aliphatic carbocycles. The fraction of sp³-hybridized carbons (Fsp3) is 0.275. The lowest BCUT2D eigenvalue weighted by atomic mass is 9.85. The number of hydrogen-bond acceptors (Lipinski definition) is 9. The van der Waals surface area contributed by atoms with Crippen LogP contribution in [0.3, 0.4) is 0 Å². The molecular weight excluding hydrogens is 781 g/mol. The summed E-state index contributed by atoms with van der Waals surface area (Å²) in [5.41, 5.74) is 4.31. The van der Waals surface area contributed by atoms with Crippen molar-refractivity contribution in [3.05, 3.63) is 189 Å². The normalized spacial score (nSPS) is 16.4. The number of aliphatic hydroxyl groups excluding tert-OH is 1. The third-order valence-corrected chi connectivity index (χ3v) is 12.2. The first kappa shape index (κ1) is 42.3. The Balaban J connectivity index is 0.841. The van der Waals surface area contributed by atoms with Gasteiger partial charge in [-0.3, -0.25) is 14.5 Å². The lowest BCUT2D eigenvalue weighted by Crippen LogP contribution is -2.40. The first-order valence-corrected chi connectivity index (χ1v) is 21.3. The number of fused-ring (bicyclic) bond motifs is 1. The minimum Gasteiger partial charge on any atom is -0.506 e. The summed E-state index contributed by atoms with van der Waals surface area (Å²) >= 11 is 0. The Labute approximate surface area is 360 Å². The summed E-state index contributed by atoms with van der Waals surface area (Å²) in [6.45, 7) is 4.71. The maximum Gasteiger partial charge on any atom is 0.347 e. The van der Waals surface area contributed by atoms with Crippen LogP contribution in [0.2, 0.25) is 0 Å². The number of ether oxygens (including phenoxy) is 1. The number of nitrogens with one attached hydrogen (secondary N) is 2. The Morgan fingerprint density at radius 2 is 1.50 bits per heavy atom. The van der Waals surface area contributed by atoms with Crippen LogP contribution in [0.5, 0.6) is 5.75 Å². The molecule has 0 bridgehead atoms. The van der Waals surface area contributed by atoms with E-state index in [2.05, 4.69) is 45.5 Å². The van der Waals surface area contributed by atoms with E-state index < -0.39 is 17.7 Å². The van der Waals surface area contributed by atoms with E-state index in [1.807, 2.05) is 53.4 Å². The molecule has 2 atom stereocenters. The summed E-state index contributed by atoms with van der Waals surface area (Å²) in [4.78, 5) is 45.9. The average Bonchev–Trinajstić information content (AvgIpc) is 3.32. The van der Waals surface area contributed by atoms with Crippen LogP contribution in [0.25, 0.3) is 16.5 Å². The number of amides is 1. The lowest BCUT2D eigenvalue weighted by Gasteiger charge is -2.33. The van der Waals surface area contributed by atoms with Crippen molar-refractivity contribution >= 4 is 28.4 Å². The molecule has 62 heavy (non-hydrogen) atoms. The third-order valence-electron chi connectivity index (χ3n) is 12.2. The van der Waals surface area contributed by atoms with E-state index in [1.165, 1.54) is 17.7 Å². The Kier molecular flexibility index (Phi) is 13.1. The molecule has 11 nitrogen and oxygen atoms in total. The summed E-state index contributed by atoms with van der Waals surface area (Å²) in [6.07, 6.45) is 3.66. The van der Waals surface area contributed by atoms with Crippen LogP contribution >= 0.6 is 0 Å². The molecule has 6 aromatic rings. The van der Waals surface area contributed by atoms with Crippen molar-refractivity contribution in [3.8, 4) is 5.75 Å². The highest BCUT2D eigenvalue weighted by Gasteiger charge is 2.42. The number of carbonyl (C=O) groups is 2. The van der Waals surface area contributed by atoms with Gasteiger partial charge in [0, 0.05) is 49.7 Å². The molecule has 1 unspecified atom stereocenters. The summed E-state index contributed by atoms with van der Waals surface area (Å²) in [6, 6.07) is 40.3. The smallest absolute Gasteiger partial charge is 0.347 e. The van der Waals surface area contributed by atoms with Gasteiger partial charge in [-0.1, -0.05) is 109 Å². The Morgan fingerprint density at radius 1 is 0.806 bits per heavy atom. The van der Waals surface area contributed by atoms with Crippen molar-refractivity contribution in [2.75, 3.05) is 39.3 Å². The molecule has 8 rings (SSSR count). The molecule has 1 amide bonds. The summed E-state index contributed by atoms with van der Waals surface area (Å²) < 4.78 is 5.91. The number of rotatable bonds is 14. The van der Waals surface area contributed by atoms with E-state index >= 15 is 0 Å². The maximum atomic E-state index is 13.9. The molecule has 2 aliphatic rings. The van der Waals surface area contributed by atoms with Crippen molar-refractivity contribution in [1.29, 1.82) is 0 Å². The number of esters is 1. The standard InChI is InChI=1S/C51H52N4O7/c56-45-21-19-43(44-20-22-47(58)53-48(44)45)46(57)32-52-31-35-11-13-40(14-12-35)49(59)55-29-25-39(26-30-55)38-15-17-42(18-16-38)51(61,41-9-5-2-6-10-41)50(60)62-34-37-23-27-54(28-24-37)33-36-7-3-1-4-8-36/h1-22,25,37,46,52,56-57,61H,23-24,26-34H2,(H,53,58)/t46-,51?/m0/s1. The van der Waals surface area contributed by atoms with Gasteiger partial charge in [0.2, 0.25) is 11.2 Å². The molecule has 11 heteroatoms. The molecule has 318 valence electrons. The number of aromatic hydroxyl groups is 1. The van der Waals surface area contributed by atoms with Gasteiger partial charge in [0.1, 0.15) is 5.75 Å². The van der Waals surface area contributed by atoms with E-state index in [4.69, 9.17) is 4.74 Å². The summed E-state index contributed by atoms with van der Waals surface area (Å²) in [7, 11) is 0. The van der Waals surface area contributed by atoms with E-state index in [1.54, 1.807) is 48.5 Å². The molecule has 5 aromatic carbocycles. The van der Waals surface area contributed by atoms with Crippen LogP contribution in [0.15, 0.2) is 144 Å². The molecule has 5 N–H and O–H groups in total. The van der Waals surface area contributed by atoms with Crippen LogP contribution in [-0.2, 0) is 28.2 Å². The second kappa shape index (κ2) is 19.1.